The van der Waals surface area contributed by atoms with Gasteiger partial charge in [-0.15, -0.1) is 5.10 Å². The number of hydrogen-bond acceptors (Lipinski definition) is 6. The Balaban J connectivity index is 2.02. The summed E-state index contributed by atoms with van der Waals surface area (Å²) in [6.45, 7) is 0.314. The number of halogens is 2. The normalized spacial score (nSPS) is 11.3. The van der Waals surface area contributed by atoms with Crippen LogP contribution in [0.4, 0.5) is 8.78 Å². The Morgan fingerprint density at radius 1 is 1.29 bits per heavy atom. The molecule has 1 aromatic heterocycles. The molecule has 0 unspecified atom stereocenters. The Morgan fingerprint density at radius 3 is 2.71 bits per heavy atom. The molecule has 114 valence electrons. The number of methoxy groups -OCH3 is 2. The van der Waals surface area contributed by atoms with Crippen molar-refractivity contribution in [3.63, 3.8) is 0 Å². The van der Waals surface area contributed by atoms with Crippen LogP contribution in [0.3, 0.4) is 0 Å². The van der Waals surface area contributed by atoms with Crippen molar-refractivity contribution in [1.82, 2.24) is 20.2 Å². The highest BCUT2D eigenvalue weighted by atomic mass is 32.2. The van der Waals surface area contributed by atoms with Crippen LogP contribution in [-0.4, -0.2) is 40.7 Å². The molecule has 2 aromatic rings. The molecule has 0 fully saturated rings. The largest absolute Gasteiger partial charge is 0.354 e. The summed E-state index contributed by atoms with van der Waals surface area (Å²) < 4.78 is 38.0. The van der Waals surface area contributed by atoms with Crippen LogP contribution < -0.4 is 0 Å². The lowest BCUT2D eigenvalue weighted by molar-refractivity contribution is -0.113. The van der Waals surface area contributed by atoms with Crippen molar-refractivity contribution >= 4 is 11.8 Å². The highest BCUT2D eigenvalue weighted by Crippen LogP contribution is 2.22. The van der Waals surface area contributed by atoms with Gasteiger partial charge in [-0.25, -0.2) is 13.5 Å². The number of nitrogens with zero attached hydrogens (tertiary/aromatic N) is 4. The van der Waals surface area contributed by atoms with E-state index in [-0.39, 0.29) is 5.75 Å². The zero-order chi connectivity index (χ0) is 15.2. The molecule has 0 aliphatic carbocycles. The van der Waals surface area contributed by atoms with Gasteiger partial charge in [0.15, 0.2) is 6.29 Å². The van der Waals surface area contributed by atoms with Crippen molar-refractivity contribution in [2.75, 3.05) is 14.2 Å². The fraction of sp³-hybridized carbons (Fsp3) is 0.417. The molecule has 0 spiro atoms. The SMILES string of the molecule is COC(Cn1nnnc1SCc1ccc(F)cc1F)OC. The number of thioether (sulfide) groups is 1. The van der Waals surface area contributed by atoms with Gasteiger partial charge in [0.2, 0.25) is 5.16 Å². The van der Waals surface area contributed by atoms with Crippen molar-refractivity contribution in [1.29, 1.82) is 0 Å². The molecule has 2 rings (SSSR count). The molecule has 1 heterocycles. The summed E-state index contributed by atoms with van der Waals surface area (Å²) in [7, 11) is 3.03. The maximum atomic E-state index is 13.5. The van der Waals surface area contributed by atoms with Gasteiger partial charge in [-0.1, -0.05) is 17.8 Å². The third kappa shape index (κ3) is 4.19. The van der Waals surface area contributed by atoms with Gasteiger partial charge in [-0.05, 0) is 22.1 Å². The lowest BCUT2D eigenvalue weighted by atomic mass is 10.2. The molecule has 0 aliphatic heterocycles. The first kappa shape index (κ1) is 15.8. The number of rotatable bonds is 7. The van der Waals surface area contributed by atoms with Gasteiger partial charge in [-0.2, -0.15) is 0 Å². The summed E-state index contributed by atoms with van der Waals surface area (Å²) in [6, 6.07) is 3.47. The van der Waals surface area contributed by atoms with Crippen LogP contribution >= 0.6 is 11.8 Å². The van der Waals surface area contributed by atoms with E-state index >= 15 is 0 Å². The summed E-state index contributed by atoms with van der Waals surface area (Å²) in [4.78, 5) is 0. The monoisotopic (exact) mass is 316 g/mol. The van der Waals surface area contributed by atoms with Gasteiger partial charge >= 0.3 is 0 Å². The number of hydrogen-bond donors (Lipinski definition) is 0. The first-order valence-corrected chi connectivity index (χ1v) is 7.01. The van der Waals surface area contributed by atoms with E-state index in [1.54, 1.807) is 0 Å². The van der Waals surface area contributed by atoms with Gasteiger partial charge in [-0.3, -0.25) is 0 Å². The summed E-state index contributed by atoms with van der Waals surface area (Å²) in [6.07, 6.45) is -0.476. The van der Waals surface area contributed by atoms with Crippen LogP contribution in [0.5, 0.6) is 0 Å². The summed E-state index contributed by atoms with van der Waals surface area (Å²) in [5.74, 6) is -0.904. The second kappa shape index (κ2) is 7.43. The van der Waals surface area contributed by atoms with Gasteiger partial charge in [0.05, 0.1) is 6.54 Å². The van der Waals surface area contributed by atoms with E-state index in [0.29, 0.717) is 17.3 Å². The predicted molar refractivity (Wildman–Crippen MR) is 71.5 cm³/mol. The molecular weight excluding hydrogens is 302 g/mol. The summed E-state index contributed by atoms with van der Waals surface area (Å²) in [5, 5.41) is 11.7. The maximum absolute atomic E-state index is 13.5. The number of tetrazole rings is 1. The number of ether oxygens (including phenoxy) is 2. The topological polar surface area (TPSA) is 62.1 Å². The summed E-state index contributed by atoms with van der Waals surface area (Å²) in [5.41, 5.74) is 0.381. The molecular formula is C12H14F2N4O2S. The minimum atomic E-state index is -0.603. The predicted octanol–water partition coefficient (Wildman–Crippen LogP) is 1.86. The van der Waals surface area contributed by atoms with Crippen LogP contribution in [-0.2, 0) is 21.8 Å². The Morgan fingerprint density at radius 2 is 2.05 bits per heavy atom. The van der Waals surface area contributed by atoms with E-state index in [4.69, 9.17) is 9.47 Å². The molecule has 0 saturated carbocycles. The molecule has 0 amide bonds. The third-order valence-corrected chi connectivity index (χ3v) is 3.72. The minimum absolute atomic E-state index is 0.289. The van der Waals surface area contributed by atoms with Crippen LogP contribution in [0.15, 0.2) is 23.4 Å². The van der Waals surface area contributed by atoms with Gasteiger partial charge in [0, 0.05) is 26.0 Å². The Labute approximate surface area is 124 Å². The number of aromatic nitrogens is 4. The average Bonchev–Trinajstić information content (AvgIpc) is 2.91. The fourth-order valence-electron chi connectivity index (χ4n) is 1.58. The molecule has 21 heavy (non-hydrogen) atoms. The molecule has 6 nitrogen and oxygen atoms in total. The minimum Gasteiger partial charge on any atom is -0.354 e. The first-order valence-electron chi connectivity index (χ1n) is 6.02. The summed E-state index contributed by atoms with van der Waals surface area (Å²) >= 11 is 1.24. The zero-order valence-corrected chi connectivity index (χ0v) is 12.3. The fourth-order valence-corrected chi connectivity index (χ4v) is 2.45. The Bertz CT molecular complexity index is 592. The molecule has 0 radical (unpaired) electrons. The lowest BCUT2D eigenvalue weighted by Gasteiger charge is -2.13. The average molecular weight is 316 g/mol. The first-order chi connectivity index (χ1) is 10.1. The second-order valence-corrected chi connectivity index (χ2v) is 5.01. The molecule has 0 saturated heterocycles. The quantitative estimate of drug-likeness (QED) is 0.574. The highest BCUT2D eigenvalue weighted by Gasteiger charge is 2.14. The van der Waals surface area contributed by atoms with Gasteiger partial charge < -0.3 is 9.47 Å². The molecule has 9 heteroatoms. The number of benzene rings is 1. The van der Waals surface area contributed by atoms with Crippen molar-refractivity contribution < 1.29 is 18.3 Å². The van der Waals surface area contributed by atoms with Crippen molar-refractivity contribution in [2.45, 2.75) is 23.7 Å². The van der Waals surface area contributed by atoms with Crippen LogP contribution in [0.1, 0.15) is 5.56 Å². The standard InChI is InChI=1S/C12H14F2N4O2S/c1-19-11(20-2)6-18-12(15-16-17-18)21-7-8-3-4-9(13)5-10(8)14/h3-5,11H,6-7H2,1-2H3. The van der Waals surface area contributed by atoms with Crippen molar-refractivity contribution in [3.8, 4) is 0 Å². The molecule has 0 atom stereocenters. The van der Waals surface area contributed by atoms with Crippen LogP contribution in [0.2, 0.25) is 0 Å². The van der Waals surface area contributed by atoms with E-state index < -0.39 is 17.9 Å². The highest BCUT2D eigenvalue weighted by molar-refractivity contribution is 7.98. The van der Waals surface area contributed by atoms with Crippen molar-refractivity contribution in [2.24, 2.45) is 0 Å². The third-order valence-electron chi connectivity index (χ3n) is 2.72. The van der Waals surface area contributed by atoms with E-state index in [0.717, 1.165) is 6.07 Å². The van der Waals surface area contributed by atoms with Gasteiger partial charge in [0.1, 0.15) is 11.6 Å². The zero-order valence-electron chi connectivity index (χ0n) is 11.5. The van der Waals surface area contributed by atoms with Crippen LogP contribution in [0, 0.1) is 11.6 Å². The molecule has 1 aromatic carbocycles. The molecule has 0 aliphatic rings. The van der Waals surface area contributed by atoms with E-state index in [2.05, 4.69) is 15.5 Å². The molecule has 0 N–H and O–H groups in total. The van der Waals surface area contributed by atoms with E-state index in [1.165, 1.54) is 42.8 Å². The maximum Gasteiger partial charge on any atom is 0.209 e. The lowest BCUT2D eigenvalue weighted by Crippen LogP contribution is -2.21. The van der Waals surface area contributed by atoms with E-state index in [9.17, 15) is 8.78 Å². The van der Waals surface area contributed by atoms with Gasteiger partial charge in [0.25, 0.3) is 0 Å². The molecule has 0 bridgehead atoms. The van der Waals surface area contributed by atoms with Crippen molar-refractivity contribution in [3.05, 3.63) is 35.4 Å². The van der Waals surface area contributed by atoms with Crippen LogP contribution in [0.25, 0.3) is 0 Å². The van der Waals surface area contributed by atoms with E-state index in [1.807, 2.05) is 0 Å². The smallest absolute Gasteiger partial charge is 0.209 e. The Kier molecular flexibility index (Phi) is 5.59. The second-order valence-electron chi connectivity index (χ2n) is 4.07. The Hall–Kier alpha value is -1.58.